The van der Waals surface area contributed by atoms with Crippen LogP contribution >= 0.6 is 0 Å². The molecule has 0 saturated heterocycles. The van der Waals surface area contributed by atoms with Gasteiger partial charge in [0, 0.05) is 7.05 Å². The Morgan fingerprint density at radius 1 is 1.47 bits per heavy atom. The molecule has 0 saturated carbocycles. The predicted octanol–water partition coefficient (Wildman–Crippen LogP) is 1.76. The Labute approximate surface area is 99.0 Å². The molecule has 0 unspecified atom stereocenters. The minimum Gasteiger partial charge on any atom is -0.465 e. The monoisotopic (exact) mass is 234 g/mol. The summed E-state index contributed by atoms with van der Waals surface area (Å²) in [5.74, 6) is -0.373. The molecular formula is C12H14N2O3. The quantitative estimate of drug-likeness (QED) is 0.759. The first kappa shape index (κ1) is 11.4. The van der Waals surface area contributed by atoms with E-state index in [0.29, 0.717) is 18.2 Å². The summed E-state index contributed by atoms with van der Waals surface area (Å²) in [4.78, 5) is 16.0. The summed E-state index contributed by atoms with van der Waals surface area (Å²) in [5, 5.41) is 0. The lowest BCUT2D eigenvalue weighted by atomic mass is 10.2. The van der Waals surface area contributed by atoms with E-state index < -0.39 is 0 Å². The standard InChI is InChI=1S/C12H14N2O3/c1-4-17-12-13-9-7-5-6-8(11(15)16-3)10(9)14(12)2/h5-7H,4H2,1-3H3. The fourth-order valence-corrected chi connectivity index (χ4v) is 1.78. The van der Waals surface area contributed by atoms with Crippen molar-refractivity contribution in [1.29, 1.82) is 0 Å². The third-order valence-corrected chi connectivity index (χ3v) is 2.53. The molecular weight excluding hydrogens is 220 g/mol. The molecule has 0 bridgehead atoms. The SMILES string of the molecule is CCOc1nc2cccc(C(=O)OC)c2n1C. The van der Waals surface area contributed by atoms with Gasteiger partial charge >= 0.3 is 5.97 Å². The van der Waals surface area contributed by atoms with Gasteiger partial charge in [-0.2, -0.15) is 4.98 Å². The number of rotatable bonds is 3. The number of ether oxygens (including phenoxy) is 2. The minimum atomic E-state index is -0.373. The second-order valence-electron chi connectivity index (χ2n) is 3.55. The maximum atomic E-state index is 11.6. The van der Waals surface area contributed by atoms with E-state index in [-0.39, 0.29) is 5.97 Å². The Morgan fingerprint density at radius 3 is 2.88 bits per heavy atom. The van der Waals surface area contributed by atoms with E-state index in [1.165, 1.54) is 7.11 Å². The van der Waals surface area contributed by atoms with E-state index in [9.17, 15) is 4.79 Å². The molecule has 0 fully saturated rings. The molecule has 0 radical (unpaired) electrons. The first-order valence-corrected chi connectivity index (χ1v) is 5.35. The predicted molar refractivity (Wildman–Crippen MR) is 63.2 cm³/mol. The molecule has 5 nitrogen and oxygen atoms in total. The number of aromatic nitrogens is 2. The van der Waals surface area contributed by atoms with Crippen molar-refractivity contribution in [1.82, 2.24) is 9.55 Å². The number of benzene rings is 1. The molecule has 5 heteroatoms. The normalized spacial score (nSPS) is 10.5. The van der Waals surface area contributed by atoms with E-state index in [1.807, 2.05) is 20.0 Å². The van der Waals surface area contributed by atoms with Crippen LogP contribution in [0.25, 0.3) is 11.0 Å². The van der Waals surface area contributed by atoms with Crippen molar-refractivity contribution in [2.24, 2.45) is 7.05 Å². The Kier molecular flexibility index (Phi) is 2.99. The summed E-state index contributed by atoms with van der Waals surface area (Å²) in [6.07, 6.45) is 0. The second-order valence-corrected chi connectivity index (χ2v) is 3.55. The Balaban J connectivity index is 2.66. The fourth-order valence-electron chi connectivity index (χ4n) is 1.78. The fraction of sp³-hybridized carbons (Fsp3) is 0.333. The number of hydrogen-bond donors (Lipinski definition) is 0. The van der Waals surface area contributed by atoms with Crippen molar-refractivity contribution in [3.8, 4) is 6.01 Å². The lowest BCUT2D eigenvalue weighted by molar-refractivity contribution is 0.0602. The number of imidazole rings is 1. The zero-order valence-corrected chi connectivity index (χ0v) is 10.1. The number of para-hydroxylation sites is 1. The molecule has 0 aliphatic carbocycles. The van der Waals surface area contributed by atoms with E-state index in [2.05, 4.69) is 4.98 Å². The number of esters is 1. The number of hydrogen-bond acceptors (Lipinski definition) is 4. The summed E-state index contributed by atoms with van der Waals surface area (Å²) >= 11 is 0. The largest absolute Gasteiger partial charge is 0.465 e. The van der Waals surface area contributed by atoms with Crippen molar-refractivity contribution in [3.63, 3.8) is 0 Å². The zero-order chi connectivity index (χ0) is 12.4. The van der Waals surface area contributed by atoms with Crippen LogP contribution in [0.2, 0.25) is 0 Å². The lowest BCUT2D eigenvalue weighted by Crippen LogP contribution is -2.05. The van der Waals surface area contributed by atoms with Crippen LogP contribution in [-0.4, -0.2) is 29.2 Å². The number of methoxy groups -OCH3 is 1. The first-order valence-electron chi connectivity index (χ1n) is 5.35. The van der Waals surface area contributed by atoms with Gasteiger partial charge in [-0.3, -0.25) is 4.57 Å². The third-order valence-electron chi connectivity index (χ3n) is 2.53. The van der Waals surface area contributed by atoms with Crippen LogP contribution < -0.4 is 4.74 Å². The van der Waals surface area contributed by atoms with Crippen molar-refractivity contribution >= 4 is 17.0 Å². The highest BCUT2D eigenvalue weighted by atomic mass is 16.5. The van der Waals surface area contributed by atoms with E-state index in [4.69, 9.17) is 9.47 Å². The van der Waals surface area contributed by atoms with Crippen LogP contribution in [0.3, 0.4) is 0 Å². The molecule has 17 heavy (non-hydrogen) atoms. The van der Waals surface area contributed by atoms with E-state index in [0.717, 1.165) is 11.0 Å². The second kappa shape index (κ2) is 4.45. The van der Waals surface area contributed by atoms with E-state index in [1.54, 1.807) is 16.7 Å². The summed E-state index contributed by atoms with van der Waals surface area (Å²) in [6, 6.07) is 5.83. The highest BCUT2D eigenvalue weighted by molar-refractivity contribution is 6.02. The average Bonchev–Trinajstić information content (AvgIpc) is 2.66. The average molecular weight is 234 g/mol. The molecule has 2 rings (SSSR count). The highest BCUT2D eigenvalue weighted by Crippen LogP contribution is 2.23. The van der Waals surface area contributed by atoms with Gasteiger partial charge in [-0.05, 0) is 19.1 Å². The van der Waals surface area contributed by atoms with Crippen LogP contribution in [0, 0.1) is 0 Å². The summed E-state index contributed by atoms with van der Waals surface area (Å²) in [7, 11) is 3.17. The first-order chi connectivity index (χ1) is 8.19. The summed E-state index contributed by atoms with van der Waals surface area (Å²) < 4.78 is 11.9. The van der Waals surface area contributed by atoms with Crippen LogP contribution in [0.5, 0.6) is 6.01 Å². The van der Waals surface area contributed by atoms with Gasteiger partial charge in [0.25, 0.3) is 6.01 Å². The van der Waals surface area contributed by atoms with Gasteiger partial charge in [0.05, 0.1) is 30.3 Å². The van der Waals surface area contributed by atoms with Gasteiger partial charge in [-0.25, -0.2) is 4.79 Å². The highest BCUT2D eigenvalue weighted by Gasteiger charge is 2.16. The van der Waals surface area contributed by atoms with Crippen molar-refractivity contribution in [2.75, 3.05) is 13.7 Å². The molecule has 0 atom stereocenters. The number of carbonyl (C=O) groups excluding carboxylic acids is 1. The van der Waals surface area contributed by atoms with Crippen LogP contribution in [0.4, 0.5) is 0 Å². The molecule has 1 aromatic carbocycles. The van der Waals surface area contributed by atoms with Gasteiger partial charge in [-0.1, -0.05) is 6.07 Å². The minimum absolute atomic E-state index is 0.373. The smallest absolute Gasteiger partial charge is 0.340 e. The maximum absolute atomic E-state index is 11.6. The van der Waals surface area contributed by atoms with Gasteiger partial charge < -0.3 is 9.47 Å². The topological polar surface area (TPSA) is 53.4 Å². The lowest BCUT2D eigenvalue weighted by Gasteiger charge is -2.04. The van der Waals surface area contributed by atoms with Crippen molar-refractivity contribution in [2.45, 2.75) is 6.92 Å². The van der Waals surface area contributed by atoms with Crippen LogP contribution in [-0.2, 0) is 11.8 Å². The number of fused-ring (bicyclic) bond motifs is 1. The van der Waals surface area contributed by atoms with Crippen molar-refractivity contribution in [3.05, 3.63) is 23.8 Å². The van der Waals surface area contributed by atoms with Crippen LogP contribution in [0.15, 0.2) is 18.2 Å². The Bertz CT molecular complexity index is 560. The number of aryl methyl sites for hydroxylation is 1. The third kappa shape index (κ3) is 1.84. The Morgan fingerprint density at radius 2 is 2.24 bits per heavy atom. The number of nitrogens with zero attached hydrogens (tertiary/aromatic N) is 2. The summed E-state index contributed by atoms with van der Waals surface area (Å²) in [5.41, 5.74) is 1.94. The molecule has 1 aromatic heterocycles. The molecule has 0 aliphatic heterocycles. The maximum Gasteiger partial charge on any atom is 0.340 e. The molecule has 2 aromatic rings. The molecule has 0 spiro atoms. The zero-order valence-electron chi connectivity index (χ0n) is 10.1. The molecule has 90 valence electrons. The van der Waals surface area contributed by atoms with E-state index >= 15 is 0 Å². The summed E-state index contributed by atoms with van der Waals surface area (Å²) in [6.45, 7) is 2.42. The van der Waals surface area contributed by atoms with Crippen LogP contribution in [0.1, 0.15) is 17.3 Å². The molecule has 1 heterocycles. The van der Waals surface area contributed by atoms with Crippen molar-refractivity contribution < 1.29 is 14.3 Å². The number of carbonyl (C=O) groups is 1. The molecule has 0 aliphatic rings. The van der Waals surface area contributed by atoms with Gasteiger partial charge in [0.1, 0.15) is 0 Å². The van der Waals surface area contributed by atoms with Gasteiger partial charge in [-0.15, -0.1) is 0 Å². The van der Waals surface area contributed by atoms with Gasteiger partial charge in [0.2, 0.25) is 0 Å². The van der Waals surface area contributed by atoms with Gasteiger partial charge in [0.15, 0.2) is 0 Å². The molecule has 0 amide bonds. The Hall–Kier alpha value is -2.04. The molecule has 0 N–H and O–H groups in total.